The lowest BCUT2D eigenvalue weighted by molar-refractivity contribution is 0.594. The lowest BCUT2D eigenvalue weighted by atomic mass is 10.1. The summed E-state index contributed by atoms with van der Waals surface area (Å²) in [4.78, 5) is 4.83. The first-order valence-corrected chi connectivity index (χ1v) is 10.4. The normalized spacial score (nSPS) is 12.4. The zero-order chi connectivity index (χ0) is 19.2. The van der Waals surface area contributed by atoms with Crippen molar-refractivity contribution in [2.75, 3.05) is 5.01 Å². The highest BCUT2D eigenvalue weighted by Gasteiger charge is 2.18. The van der Waals surface area contributed by atoms with E-state index < -0.39 is 0 Å². The third kappa shape index (κ3) is 4.76. The first-order chi connectivity index (χ1) is 13.1. The summed E-state index contributed by atoms with van der Waals surface area (Å²) in [5.41, 5.74) is 4.17. The number of halogens is 1. The van der Waals surface area contributed by atoms with Crippen LogP contribution in [-0.2, 0) is 0 Å². The Hall–Kier alpha value is -2.17. The van der Waals surface area contributed by atoms with E-state index in [0.717, 1.165) is 34.8 Å². The smallest absolute Gasteiger partial charge is 0.206 e. The predicted molar refractivity (Wildman–Crippen MR) is 118 cm³/mol. The van der Waals surface area contributed by atoms with Crippen molar-refractivity contribution in [2.24, 2.45) is 5.10 Å². The average Bonchev–Trinajstić information content (AvgIpc) is 3.13. The third-order valence-electron chi connectivity index (χ3n) is 4.47. The van der Waals surface area contributed by atoms with Crippen molar-refractivity contribution in [1.82, 2.24) is 4.98 Å². The second-order valence-corrected chi connectivity index (χ2v) is 7.82. The van der Waals surface area contributed by atoms with Gasteiger partial charge in [-0.1, -0.05) is 67.4 Å². The van der Waals surface area contributed by atoms with Crippen LogP contribution in [0.25, 0.3) is 11.3 Å². The van der Waals surface area contributed by atoms with E-state index in [1.807, 2.05) is 53.0 Å². The highest BCUT2D eigenvalue weighted by molar-refractivity contribution is 7.14. The molecule has 27 heavy (non-hydrogen) atoms. The molecular weight excluding hydrogens is 374 g/mol. The van der Waals surface area contributed by atoms with Gasteiger partial charge in [-0.3, -0.25) is 0 Å². The maximum absolute atomic E-state index is 6.34. The van der Waals surface area contributed by atoms with Crippen LogP contribution in [0.15, 0.2) is 59.0 Å². The number of hydrogen-bond donors (Lipinski definition) is 0. The van der Waals surface area contributed by atoms with E-state index in [1.54, 1.807) is 11.3 Å². The monoisotopic (exact) mass is 397 g/mol. The molecule has 1 aromatic heterocycles. The van der Waals surface area contributed by atoms with Crippen molar-refractivity contribution in [3.05, 3.63) is 70.1 Å². The van der Waals surface area contributed by atoms with Gasteiger partial charge in [-0.05, 0) is 37.5 Å². The van der Waals surface area contributed by atoms with Crippen LogP contribution in [0, 0.1) is 6.92 Å². The number of anilines is 1. The molecule has 0 saturated heterocycles. The van der Waals surface area contributed by atoms with E-state index in [2.05, 4.69) is 32.9 Å². The van der Waals surface area contributed by atoms with Gasteiger partial charge in [0.25, 0.3) is 0 Å². The molecule has 3 aromatic rings. The Bertz CT molecular complexity index is 919. The minimum atomic E-state index is 0.264. The largest absolute Gasteiger partial charge is 0.236 e. The SMILES string of the molecule is CCCC(C)N(/N=C/c1ccccc1C)c1nc(-c2ccccc2Cl)cs1. The first-order valence-electron chi connectivity index (χ1n) is 9.19. The minimum absolute atomic E-state index is 0.264. The van der Waals surface area contributed by atoms with Crippen LogP contribution in [0.2, 0.25) is 5.02 Å². The zero-order valence-corrected chi connectivity index (χ0v) is 17.5. The fourth-order valence-electron chi connectivity index (χ4n) is 2.91. The Morgan fingerprint density at radius 3 is 2.67 bits per heavy atom. The molecule has 140 valence electrons. The molecule has 0 amide bonds. The van der Waals surface area contributed by atoms with Gasteiger partial charge < -0.3 is 0 Å². The molecule has 2 aromatic carbocycles. The molecule has 0 bridgehead atoms. The maximum atomic E-state index is 6.34. The summed E-state index contributed by atoms with van der Waals surface area (Å²) in [6.07, 6.45) is 4.07. The van der Waals surface area contributed by atoms with Crippen molar-refractivity contribution in [2.45, 2.75) is 39.7 Å². The van der Waals surface area contributed by atoms with Gasteiger partial charge in [-0.25, -0.2) is 9.99 Å². The molecule has 0 radical (unpaired) electrons. The molecule has 0 aliphatic rings. The number of thiazole rings is 1. The number of hydrazone groups is 1. The lowest BCUT2D eigenvalue weighted by Crippen LogP contribution is -2.28. The molecule has 0 aliphatic carbocycles. The fraction of sp³-hybridized carbons (Fsp3) is 0.273. The van der Waals surface area contributed by atoms with Gasteiger partial charge in [-0.15, -0.1) is 11.3 Å². The van der Waals surface area contributed by atoms with Gasteiger partial charge in [0.05, 0.1) is 18.0 Å². The molecule has 0 N–H and O–H groups in total. The summed E-state index contributed by atoms with van der Waals surface area (Å²) in [6, 6.07) is 16.3. The summed E-state index contributed by atoms with van der Waals surface area (Å²) >= 11 is 7.94. The second kappa shape index (κ2) is 9.16. The molecule has 1 atom stereocenters. The summed E-state index contributed by atoms with van der Waals surface area (Å²) in [7, 11) is 0. The number of benzene rings is 2. The fourth-order valence-corrected chi connectivity index (χ4v) is 4.03. The van der Waals surface area contributed by atoms with Gasteiger partial charge >= 0.3 is 0 Å². The van der Waals surface area contributed by atoms with Crippen LogP contribution in [0.1, 0.15) is 37.8 Å². The van der Waals surface area contributed by atoms with Crippen molar-refractivity contribution in [3.63, 3.8) is 0 Å². The van der Waals surface area contributed by atoms with Crippen LogP contribution >= 0.6 is 22.9 Å². The quantitative estimate of drug-likeness (QED) is 0.324. The zero-order valence-electron chi connectivity index (χ0n) is 15.9. The molecule has 1 unspecified atom stereocenters. The molecule has 3 rings (SSSR count). The van der Waals surface area contributed by atoms with Crippen LogP contribution < -0.4 is 5.01 Å². The Morgan fingerprint density at radius 2 is 1.93 bits per heavy atom. The molecular formula is C22H24ClN3S. The molecule has 0 aliphatic heterocycles. The van der Waals surface area contributed by atoms with Gasteiger partial charge in [-0.2, -0.15) is 5.10 Å². The van der Waals surface area contributed by atoms with E-state index in [0.29, 0.717) is 5.02 Å². The van der Waals surface area contributed by atoms with E-state index in [-0.39, 0.29) is 6.04 Å². The van der Waals surface area contributed by atoms with Gasteiger partial charge in [0, 0.05) is 16.0 Å². The summed E-state index contributed by atoms with van der Waals surface area (Å²) in [5, 5.41) is 10.5. The number of aromatic nitrogens is 1. The number of nitrogens with zero attached hydrogens (tertiary/aromatic N) is 3. The molecule has 3 nitrogen and oxygen atoms in total. The summed E-state index contributed by atoms with van der Waals surface area (Å²) in [6.45, 7) is 6.48. The van der Waals surface area contributed by atoms with Crippen LogP contribution in [0.4, 0.5) is 5.13 Å². The van der Waals surface area contributed by atoms with Gasteiger partial charge in [0.15, 0.2) is 0 Å². The maximum Gasteiger partial charge on any atom is 0.206 e. The predicted octanol–water partition coefficient (Wildman–Crippen LogP) is 6.80. The Labute approximate surface area is 170 Å². The average molecular weight is 398 g/mol. The van der Waals surface area contributed by atoms with Gasteiger partial charge in [0.1, 0.15) is 0 Å². The van der Waals surface area contributed by atoms with E-state index >= 15 is 0 Å². The van der Waals surface area contributed by atoms with Crippen molar-refractivity contribution in [3.8, 4) is 11.3 Å². The third-order valence-corrected chi connectivity index (χ3v) is 5.63. The second-order valence-electron chi connectivity index (χ2n) is 6.58. The van der Waals surface area contributed by atoms with E-state index in [1.165, 1.54) is 5.56 Å². The van der Waals surface area contributed by atoms with Crippen molar-refractivity contribution < 1.29 is 0 Å². The van der Waals surface area contributed by atoms with Crippen molar-refractivity contribution >= 4 is 34.3 Å². The van der Waals surface area contributed by atoms with Crippen LogP contribution in [-0.4, -0.2) is 17.2 Å². The highest BCUT2D eigenvalue weighted by Crippen LogP contribution is 2.33. The Morgan fingerprint density at radius 1 is 1.19 bits per heavy atom. The van der Waals surface area contributed by atoms with Crippen LogP contribution in [0.5, 0.6) is 0 Å². The van der Waals surface area contributed by atoms with Crippen LogP contribution in [0.3, 0.4) is 0 Å². The Balaban J connectivity index is 1.92. The number of rotatable bonds is 7. The number of aryl methyl sites for hydroxylation is 1. The Kier molecular flexibility index (Phi) is 6.64. The molecule has 0 spiro atoms. The van der Waals surface area contributed by atoms with E-state index in [9.17, 15) is 0 Å². The first kappa shape index (κ1) is 19.6. The molecule has 5 heteroatoms. The topological polar surface area (TPSA) is 28.5 Å². The highest BCUT2D eigenvalue weighted by atomic mass is 35.5. The van der Waals surface area contributed by atoms with Gasteiger partial charge in [0.2, 0.25) is 5.13 Å². The van der Waals surface area contributed by atoms with Crippen molar-refractivity contribution in [1.29, 1.82) is 0 Å². The van der Waals surface area contributed by atoms with E-state index in [4.69, 9.17) is 21.7 Å². The summed E-state index contributed by atoms with van der Waals surface area (Å²) in [5.74, 6) is 0. The lowest BCUT2D eigenvalue weighted by Gasteiger charge is -2.23. The minimum Gasteiger partial charge on any atom is -0.236 e. The number of hydrogen-bond acceptors (Lipinski definition) is 4. The molecule has 0 saturated carbocycles. The standard InChI is InChI=1S/C22H24ClN3S/c1-4-9-17(3)26(24-14-18-11-6-5-10-16(18)2)22-25-21(15-27-22)19-12-7-8-13-20(19)23/h5-8,10-15,17H,4,9H2,1-3H3/b24-14+. The summed E-state index contributed by atoms with van der Waals surface area (Å²) < 4.78 is 0. The molecule has 0 fully saturated rings. The molecule has 1 heterocycles.